The highest BCUT2D eigenvalue weighted by Crippen LogP contribution is 2.32. The number of hydrogen-bond donors (Lipinski definition) is 1. The Morgan fingerprint density at radius 2 is 1.59 bits per heavy atom. The van der Waals surface area contributed by atoms with E-state index in [4.69, 9.17) is 4.98 Å². The minimum Gasteiger partial charge on any atom is -0.351 e. The van der Waals surface area contributed by atoms with Gasteiger partial charge in [0.25, 0.3) is 5.91 Å². The Morgan fingerprint density at radius 1 is 0.875 bits per heavy atom. The number of hydrogen-bond acceptors (Lipinski definition) is 3. The van der Waals surface area contributed by atoms with Gasteiger partial charge in [0.2, 0.25) is 0 Å². The molecule has 0 aliphatic heterocycles. The van der Waals surface area contributed by atoms with Gasteiger partial charge in [-0.3, -0.25) is 9.78 Å². The molecule has 4 aromatic rings. The summed E-state index contributed by atoms with van der Waals surface area (Å²) in [5.74, 6) is -0.177. The van der Waals surface area contributed by atoms with E-state index >= 15 is 0 Å². The fourth-order valence-electron chi connectivity index (χ4n) is 3.48. The second kappa shape index (κ2) is 10.3. The van der Waals surface area contributed by atoms with Gasteiger partial charge in [-0.15, -0.1) is 0 Å². The van der Waals surface area contributed by atoms with Crippen LogP contribution < -0.4 is 5.32 Å². The smallest absolute Gasteiger partial charge is 0.269 e. The normalized spacial score (nSPS) is 11.2. The lowest BCUT2D eigenvalue weighted by atomic mass is 9.93. The lowest BCUT2D eigenvalue weighted by Gasteiger charge is -2.15. The zero-order valence-corrected chi connectivity index (χ0v) is 18.0. The van der Waals surface area contributed by atoms with Crippen molar-refractivity contribution in [2.45, 2.75) is 13.3 Å². The van der Waals surface area contributed by atoms with Crippen molar-refractivity contribution in [1.29, 1.82) is 0 Å². The van der Waals surface area contributed by atoms with Crippen LogP contribution >= 0.6 is 0 Å². The summed E-state index contributed by atoms with van der Waals surface area (Å²) in [6.45, 7) is 2.64. The predicted molar refractivity (Wildman–Crippen MR) is 130 cm³/mol. The molecule has 0 spiro atoms. The van der Waals surface area contributed by atoms with E-state index in [0.717, 1.165) is 34.4 Å². The molecule has 2 heterocycles. The molecule has 0 fully saturated rings. The molecular formula is C28H25N3O. The number of rotatable bonds is 7. The van der Waals surface area contributed by atoms with E-state index in [1.165, 1.54) is 0 Å². The van der Waals surface area contributed by atoms with Crippen molar-refractivity contribution >= 4 is 17.6 Å². The first kappa shape index (κ1) is 21.2. The van der Waals surface area contributed by atoms with E-state index in [0.29, 0.717) is 17.9 Å². The first-order chi connectivity index (χ1) is 15.8. The molecule has 0 aliphatic rings. The highest BCUT2D eigenvalue weighted by atomic mass is 16.1. The SMILES string of the molecule is CCCNC(=O)c1ccc(/C(=C/c2ccccc2)c2ccccc2)c(-c2ccccn2)n1. The molecule has 0 unspecified atom stereocenters. The number of aromatic nitrogens is 2. The molecule has 4 nitrogen and oxygen atoms in total. The van der Waals surface area contributed by atoms with Crippen LogP contribution in [0.1, 0.15) is 40.5 Å². The van der Waals surface area contributed by atoms with Crippen LogP contribution in [-0.2, 0) is 0 Å². The summed E-state index contributed by atoms with van der Waals surface area (Å²) in [5.41, 5.74) is 5.89. The van der Waals surface area contributed by atoms with Crippen molar-refractivity contribution in [1.82, 2.24) is 15.3 Å². The van der Waals surface area contributed by atoms with Crippen LogP contribution in [0.3, 0.4) is 0 Å². The van der Waals surface area contributed by atoms with Gasteiger partial charge >= 0.3 is 0 Å². The number of pyridine rings is 2. The molecule has 4 rings (SSSR count). The average Bonchev–Trinajstić information content (AvgIpc) is 2.87. The van der Waals surface area contributed by atoms with E-state index < -0.39 is 0 Å². The standard InChI is InChI=1S/C28H25N3O/c1-2-18-30-28(32)26-17-16-23(27(31-26)25-15-9-10-19-29-25)24(22-13-7-4-8-14-22)20-21-11-5-3-6-12-21/h3-17,19-20H,2,18H2,1H3,(H,30,32)/b24-20+. The highest BCUT2D eigenvalue weighted by molar-refractivity contribution is 5.98. The summed E-state index contributed by atoms with van der Waals surface area (Å²) < 4.78 is 0. The summed E-state index contributed by atoms with van der Waals surface area (Å²) in [5, 5.41) is 2.91. The van der Waals surface area contributed by atoms with Crippen LogP contribution in [0.4, 0.5) is 0 Å². The Morgan fingerprint density at radius 3 is 2.28 bits per heavy atom. The van der Waals surface area contributed by atoms with E-state index in [2.05, 4.69) is 40.6 Å². The van der Waals surface area contributed by atoms with Crippen molar-refractivity contribution in [3.05, 3.63) is 120 Å². The Labute approximate surface area is 188 Å². The predicted octanol–water partition coefficient (Wildman–Crippen LogP) is 5.87. The number of carbonyl (C=O) groups is 1. The fraction of sp³-hybridized carbons (Fsp3) is 0.107. The van der Waals surface area contributed by atoms with Crippen molar-refractivity contribution in [3.63, 3.8) is 0 Å². The molecule has 0 radical (unpaired) electrons. The fourth-order valence-corrected chi connectivity index (χ4v) is 3.48. The summed E-state index contributed by atoms with van der Waals surface area (Å²) in [4.78, 5) is 21.9. The maximum atomic E-state index is 12.6. The third-order valence-corrected chi connectivity index (χ3v) is 5.06. The first-order valence-corrected chi connectivity index (χ1v) is 10.8. The lowest BCUT2D eigenvalue weighted by Crippen LogP contribution is -2.25. The molecule has 0 aliphatic carbocycles. The minimum absolute atomic E-state index is 0.177. The molecule has 1 N–H and O–H groups in total. The van der Waals surface area contributed by atoms with Crippen LogP contribution in [0.15, 0.2) is 97.2 Å². The second-order valence-corrected chi connectivity index (χ2v) is 7.40. The number of benzene rings is 2. The van der Waals surface area contributed by atoms with Gasteiger partial charge < -0.3 is 5.32 Å². The van der Waals surface area contributed by atoms with Gasteiger partial charge in [0.15, 0.2) is 0 Å². The van der Waals surface area contributed by atoms with E-state index in [1.807, 2.05) is 67.6 Å². The summed E-state index contributed by atoms with van der Waals surface area (Å²) >= 11 is 0. The molecule has 0 atom stereocenters. The van der Waals surface area contributed by atoms with Crippen LogP contribution in [0.2, 0.25) is 0 Å². The molecule has 2 aromatic heterocycles. The molecule has 0 saturated carbocycles. The van der Waals surface area contributed by atoms with E-state index in [9.17, 15) is 4.79 Å². The molecule has 158 valence electrons. The summed E-state index contributed by atoms with van der Waals surface area (Å²) in [6.07, 6.45) is 4.76. The first-order valence-electron chi connectivity index (χ1n) is 10.8. The van der Waals surface area contributed by atoms with E-state index in [1.54, 1.807) is 12.3 Å². The average molecular weight is 420 g/mol. The Kier molecular flexibility index (Phi) is 6.83. The van der Waals surface area contributed by atoms with E-state index in [-0.39, 0.29) is 5.91 Å². The number of nitrogens with one attached hydrogen (secondary N) is 1. The third kappa shape index (κ3) is 4.98. The summed E-state index contributed by atoms with van der Waals surface area (Å²) in [7, 11) is 0. The van der Waals surface area contributed by atoms with Gasteiger partial charge in [-0.2, -0.15) is 0 Å². The topological polar surface area (TPSA) is 54.9 Å². The largest absolute Gasteiger partial charge is 0.351 e. The number of carbonyl (C=O) groups excluding carboxylic acids is 1. The van der Waals surface area contributed by atoms with Gasteiger partial charge in [-0.1, -0.05) is 73.7 Å². The maximum absolute atomic E-state index is 12.6. The van der Waals surface area contributed by atoms with Gasteiger partial charge in [-0.25, -0.2) is 4.98 Å². The molecule has 4 heteroatoms. The van der Waals surface area contributed by atoms with Crippen LogP contribution in [0.25, 0.3) is 23.0 Å². The van der Waals surface area contributed by atoms with Crippen molar-refractivity contribution < 1.29 is 4.79 Å². The van der Waals surface area contributed by atoms with Crippen LogP contribution in [-0.4, -0.2) is 22.4 Å². The number of amides is 1. The van der Waals surface area contributed by atoms with Gasteiger partial charge in [0.1, 0.15) is 5.69 Å². The Bertz CT molecular complexity index is 1200. The van der Waals surface area contributed by atoms with Gasteiger partial charge in [-0.05, 0) is 53.5 Å². The minimum atomic E-state index is -0.177. The number of nitrogens with zero attached hydrogens (tertiary/aromatic N) is 2. The Balaban J connectivity index is 1.90. The second-order valence-electron chi connectivity index (χ2n) is 7.40. The van der Waals surface area contributed by atoms with Crippen molar-refractivity contribution in [3.8, 4) is 11.4 Å². The van der Waals surface area contributed by atoms with Crippen LogP contribution in [0.5, 0.6) is 0 Å². The zero-order chi connectivity index (χ0) is 22.2. The van der Waals surface area contributed by atoms with Gasteiger partial charge in [0, 0.05) is 18.3 Å². The lowest BCUT2D eigenvalue weighted by molar-refractivity contribution is 0.0949. The molecule has 0 saturated heterocycles. The molecule has 0 bridgehead atoms. The van der Waals surface area contributed by atoms with Crippen LogP contribution in [0, 0.1) is 0 Å². The molecule has 1 amide bonds. The Hall–Kier alpha value is -4.05. The third-order valence-electron chi connectivity index (χ3n) is 5.06. The quantitative estimate of drug-likeness (QED) is 0.381. The summed E-state index contributed by atoms with van der Waals surface area (Å²) in [6, 6.07) is 29.9. The monoisotopic (exact) mass is 419 g/mol. The maximum Gasteiger partial charge on any atom is 0.269 e. The highest BCUT2D eigenvalue weighted by Gasteiger charge is 2.17. The molecule has 2 aromatic carbocycles. The molecular weight excluding hydrogens is 394 g/mol. The van der Waals surface area contributed by atoms with Crippen molar-refractivity contribution in [2.24, 2.45) is 0 Å². The van der Waals surface area contributed by atoms with Gasteiger partial charge in [0.05, 0.1) is 11.4 Å². The molecule has 32 heavy (non-hydrogen) atoms. The zero-order valence-electron chi connectivity index (χ0n) is 18.0. The van der Waals surface area contributed by atoms with Crippen molar-refractivity contribution in [2.75, 3.05) is 6.54 Å².